The molecule has 0 N–H and O–H groups in total. The van der Waals surface area contributed by atoms with Gasteiger partial charge in [-0.3, -0.25) is 0 Å². The zero-order valence-electron chi connectivity index (χ0n) is 14.6. The molecular formula is C21H23FO3. The summed E-state index contributed by atoms with van der Waals surface area (Å²) in [6.07, 6.45) is 4.45. The van der Waals surface area contributed by atoms with Crippen molar-refractivity contribution in [2.75, 3.05) is 14.2 Å². The van der Waals surface area contributed by atoms with E-state index < -0.39 is 0 Å². The van der Waals surface area contributed by atoms with E-state index in [2.05, 4.69) is 6.07 Å². The average molecular weight is 342 g/mol. The van der Waals surface area contributed by atoms with Crippen molar-refractivity contribution < 1.29 is 18.6 Å². The predicted molar refractivity (Wildman–Crippen MR) is 93.9 cm³/mol. The number of benzene rings is 2. The van der Waals surface area contributed by atoms with E-state index in [0.29, 0.717) is 11.7 Å². The molecule has 0 unspecified atom stereocenters. The first-order valence-electron chi connectivity index (χ1n) is 8.88. The first-order valence-corrected chi connectivity index (χ1v) is 8.88. The average Bonchev–Trinajstić information content (AvgIpc) is 2.66. The standard InChI is InChI=1S/C21H23FO3/c1-23-19-11-16-15-8-3-4-9-18(15)25-21(17(16)12-20(19)24-2)13-6-5-7-14(22)10-13/h5-7,10-12,15,18,21H,3-4,8-9H2,1-2H3/t15-,18-,21+/m1/s1. The summed E-state index contributed by atoms with van der Waals surface area (Å²) in [6.45, 7) is 0. The van der Waals surface area contributed by atoms with E-state index in [0.717, 1.165) is 29.7 Å². The number of fused-ring (bicyclic) bond motifs is 3. The lowest BCUT2D eigenvalue weighted by Gasteiger charge is -2.41. The van der Waals surface area contributed by atoms with Gasteiger partial charge in [-0.05, 0) is 53.8 Å². The molecule has 0 aromatic heterocycles. The van der Waals surface area contributed by atoms with Crippen LogP contribution in [0.4, 0.5) is 4.39 Å². The van der Waals surface area contributed by atoms with Gasteiger partial charge in [-0.2, -0.15) is 0 Å². The molecule has 1 aliphatic heterocycles. The van der Waals surface area contributed by atoms with E-state index >= 15 is 0 Å². The Hall–Kier alpha value is -2.07. The van der Waals surface area contributed by atoms with E-state index in [1.54, 1.807) is 26.4 Å². The number of hydrogen-bond donors (Lipinski definition) is 0. The fraction of sp³-hybridized carbons (Fsp3) is 0.429. The van der Waals surface area contributed by atoms with Crippen molar-refractivity contribution in [3.63, 3.8) is 0 Å². The van der Waals surface area contributed by atoms with Crippen LogP contribution in [-0.4, -0.2) is 20.3 Å². The minimum Gasteiger partial charge on any atom is -0.493 e. The molecule has 2 aromatic carbocycles. The quantitative estimate of drug-likeness (QED) is 0.786. The van der Waals surface area contributed by atoms with E-state index in [9.17, 15) is 4.39 Å². The van der Waals surface area contributed by atoms with Crippen LogP contribution in [0.2, 0.25) is 0 Å². The van der Waals surface area contributed by atoms with Gasteiger partial charge in [-0.15, -0.1) is 0 Å². The molecule has 1 fully saturated rings. The number of halogens is 1. The van der Waals surface area contributed by atoms with Gasteiger partial charge in [0, 0.05) is 5.92 Å². The van der Waals surface area contributed by atoms with E-state index in [1.807, 2.05) is 12.1 Å². The summed E-state index contributed by atoms with van der Waals surface area (Å²) < 4.78 is 31.3. The topological polar surface area (TPSA) is 27.7 Å². The summed E-state index contributed by atoms with van der Waals surface area (Å²) in [5.41, 5.74) is 3.16. The van der Waals surface area contributed by atoms with Crippen LogP contribution >= 0.6 is 0 Å². The normalized spacial score (nSPS) is 25.0. The van der Waals surface area contributed by atoms with Gasteiger partial charge in [0.2, 0.25) is 0 Å². The first kappa shape index (κ1) is 16.4. The Morgan fingerprint density at radius 1 is 0.960 bits per heavy atom. The molecule has 1 saturated carbocycles. The number of methoxy groups -OCH3 is 2. The number of hydrogen-bond acceptors (Lipinski definition) is 3. The van der Waals surface area contributed by atoms with Crippen LogP contribution in [0.25, 0.3) is 0 Å². The molecule has 3 nitrogen and oxygen atoms in total. The van der Waals surface area contributed by atoms with Crippen molar-refractivity contribution in [3.8, 4) is 11.5 Å². The zero-order chi connectivity index (χ0) is 17.4. The molecule has 2 aliphatic rings. The van der Waals surface area contributed by atoms with Gasteiger partial charge in [0.1, 0.15) is 11.9 Å². The van der Waals surface area contributed by atoms with Crippen LogP contribution in [-0.2, 0) is 4.74 Å². The zero-order valence-corrected chi connectivity index (χ0v) is 14.6. The van der Waals surface area contributed by atoms with Gasteiger partial charge in [0.15, 0.2) is 11.5 Å². The molecule has 4 heteroatoms. The molecule has 0 spiro atoms. The summed E-state index contributed by atoms with van der Waals surface area (Å²) >= 11 is 0. The minimum atomic E-state index is -0.273. The van der Waals surface area contributed by atoms with Crippen LogP contribution in [0.3, 0.4) is 0 Å². The summed E-state index contributed by atoms with van der Waals surface area (Å²) in [4.78, 5) is 0. The van der Waals surface area contributed by atoms with Crippen LogP contribution < -0.4 is 9.47 Å². The van der Waals surface area contributed by atoms with Gasteiger partial charge < -0.3 is 14.2 Å². The largest absolute Gasteiger partial charge is 0.493 e. The Bertz CT molecular complexity index is 774. The third-order valence-electron chi connectivity index (χ3n) is 5.44. The molecule has 0 radical (unpaired) electrons. The molecule has 0 saturated heterocycles. The Kier molecular flexibility index (Phi) is 4.38. The van der Waals surface area contributed by atoms with Crippen LogP contribution in [0.1, 0.15) is 54.4 Å². The Morgan fingerprint density at radius 3 is 2.40 bits per heavy atom. The maximum atomic E-state index is 13.8. The summed E-state index contributed by atoms with van der Waals surface area (Å²) in [5, 5.41) is 0. The van der Waals surface area contributed by atoms with Gasteiger partial charge in [0.05, 0.1) is 20.3 Å². The van der Waals surface area contributed by atoms with E-state index in [-0.39, 0.29) is 18.0 Å². The van der Waals surface area contributed by atoms with Crippen molar-refractivity contribution in [1.29, 1.82) is 0 Å². The van der Waals surface area contributed by atoms with Crippen molar-refractivity contribution >= 4 is 0 Å². The third kappa shape index (κ3) is 2.89. The maximum Gasteiger partial charge on any atom is 0.161 e. The fourth-order valence-electron chi connectivity index (χ4n) is 4.25. The van der Waals surface area contributed by atoms with Crippen LogP contribution in [0, 0.1) is 5.82 Å². The van der Waals surface area contributed by atoms with Gasteiger partial charge >= 0.3 is 0 Å². The second kappa shape index (κ2) is 6.68. The Balaban J connectivity index is 1.87. The van der Waals surface area contributed by atoms with Crippen LogP contribution in [0.15, 0.2) is 36.4 Å². The van der Waals surface area contributed by atoms with E-state index in [1.165, 1.54) is 24.5 Å². The third-order valence-corrected chi connectivity index (χ3v) is 5.44. The number of rotatable bonds is 3. The summed E-state index contributed by atoms with van der Waals surface area (Å²) in [6, 6.07) is 10.8. The smallest absolute Gasteiger partial charge is 0.161 e. The van der Waals surface area contributed by atoms with Crippen molar-refractivity contribution in [1.82, 2.24) is 0 Å². The SMILES string of the molecule is COc1cc2c(cc1OC)[C@H]1CCCC[C@H]1O[C@H]2c1cccc(F)c1. The summed E-state index contributed by atoms with van der Waals surface area (Å²) in [5.74, 6) is 1.55. The highest BCUT2D eigenvalue weighted by molar-refractivity contribution is 5.52. The molecule has 0 amide bonds. The highest BCUT2D eigenvalue weighted by Gasteiger charge is 2.38. The molecule has 132 valence electrons. The minimum absolute atomic E-state index is 0.174. The molecule has 4 rings (SSSR count). The lowest BCUT2D eigenvalue weighted by atomic mass is 9.76. The second-order valence-corrected chi connectivity index (χ2v) is 6.84. The first-order chi connectivity index (χ1) is 12.2. The second-order valence-electron chi connectivity index (χ2n) is 6.84. The number of ether oxygens (including phenoxy) is 3. The van der Waals surface area contributed by atoms with Gasteiger partial charge in [-0.25, -0.2) is 4.39 Å². The van der Waals surface area contributed by atoms with Gasteiger partial charge in [0.25, 0.3) is 0 Å². The van der Waals surface area contributed by atoms with Gasteiger partial charge in [-0.1, -0.05) is 25.0 Å². The van der Waals surface area contributed by atoms with E-state index in [4.69, 9.17) is 14.2 Å². The lowest BCUT2D eigenvalue weighted by Crippen LogP contribution is -2.33. The molecule has 2 aromatic rings. The molecule has 1 heterocycles. The Labute approximate surface area is 147 Å². The summed E-state index contributed by atoms with van der Waals surface area (Å²) in [7, 11) is 3.29. The molecule has 25 heavy (non-hydrogen) atoms. The molecule has 0 bridgehead atoms. The Morgan fingerprint density at radius 2 is 1.68 bits per heavy atom. The monoisotopic (exact) mass is 342 g/mol. The predicted octanol–water partition coefficient (Wildman–Crippen LogP) is 4.99. The molecular weight excluding hydrogens is 319 g/mol. The molecule has 3 atom stereocenters. The maximum absolute atomic E-state index is 13.8. The highest BCUT2D eigenvalue weighted by Crippen LogP contribution is 2.49. The lowest BCUT2D eigenvalue weighted by molar-refractivity contribution is -0.0392. The van der Waals surface area contributed by atoms with Crippen molar-refractivity contribution in [2.45, 2.75) is 43.8 Å². The molecule has 1 aliphatic carbocycles. The van der Waals surface area contributed by atoms with Crippen molar-refractivity contribution in [2.24, 2.45) is 0 Å². The fourth-order valence-corrected chi connectivity index (χ4v) is 4.25. The van der Waals surface area contributed by atoms with Crippen molar-refractivity contribution in [3.05, 3.63) is 58.9 Å². The van der Waals surface area contributed by atoms with Crippen LogP contribution in [0.5, 0.6) is 11.5 Å². The highest BCUT2D eigenvalue weighted by atomic mass is 19.1.